The zero-order chi connectivity index (χ0) is 14.1. The predicted octanol–water partition coefficient (Wildman–Crippen LogP) is 2.00. The number of halogens is 2. The first-order valence-corrected chi connectivity index (χ1v) is 6.84. The van der Waals surface area contributed by atoms with E-state index in [2.05, 4.69) is 4.90 Å². The first-order valence-electron chi connectivity index (χ1n) is 6.09. The lowest BCUT2D eigenvalue weighted by Crippen LogP contribution is -2.39. The second-order valence-electron chi connectivity index (χ2n) is 4.02. The van der Waals surface area contributed by atoms with E-state index in [1.165, 1.54) is 0 Å². The van der Waals surface area contributed by atoms with Crippen LogP contribution < -0.4 is 5.73 Å². The molecule has 1 fully saturated rings. The van der Waals surface area contributed by atoms with Crippen molar-refractivity contribution in [3.05, 3.63) is 34.9 Å². The summed E-state index contributed by atoms with van der Waals surface area (Å²) in [6, 6.07) is 6.41. The first kappa shape index (κ1) is 16.4. The fourth-order valence-electron chi connectivity index (χ4n) is 1.59. The monoisotopic (exact) mass is 304 g/mol. The molecule has 2 rings (SSSR count). The summed E-state index contributed by atoms with van der Waals surface area (Å²) in [7, 11) is 0. The van der Waals surface area contributed by atoms with Crippen molar-refractivity contribution in [3.8, 4) is 0 Å². The van der Waals surface area contributed by atoms with E-state index >= 15 is 0 Å². The lowest BCUT2D eigenvalue weighted by molar-refractivity contribution is 0.0394. The van der Waals surface area contributed by atoms with Crippen molar-refractivity contribution >= 4 is 28.4 Å². The molecule has 0 aromatic heterocycles. The normalized spacial score (nSPS) is 15.5. The number of morpholine rings is 1. The number of ether oxygens (including phenoxy) is 1. The van der Waals surface area contributed by atoms with Gasteiger partial charge in [-0.2, -0.15) is 0 Å². The highest BCUT2D eigenvalue weighted by molar-refractivity contribution is 6.67. The Morgan fingerprint density at radius 1 is 1.26 bits per heavy atom. The highest BCUT2D eigenvalue weighted by atomic mass is 35.5. The SMILES string of the molecule is NCCN1CCOCC1.O=C(Cl)c1ccc(Cl)cc1. The number of nitrogens with two attached hydrogens (primary N) is 1. The molecule has 0 bridgehead atoms. The molecule has 0 radical (unpaired) electrons. The van der Waals surface area contributed by atoms with E-state index in [0.29, 0.717) is 10.6 Å². The van der Waals surface area contributed by atoms with Crippen molar-refractivity contribution in [2.24, 2.45) is 5.73 Å². The lowest BCUT2D eigenvalue weighted by atomic mass is 10.2. The third kappa shape index (κ3) is 6.89. The summed E-state index contributed by atoms with van der Waals surface area (Å²) in [6.45, 7) is 5.64. The molecule has 1 aliphatic heterocycles. The van der Waals surface area contributed by atoms with Gasteiger partial charge in [-0.15, -0.1) is 0 Å². The van der Waals surface area contributed by atoms with Crippen LogP contribution >= 0.6 is 23.2 Å². The van der Waals surface area contributed by atoms with Crippen LogP contribution in [0.5, 0.6) is 0 Å². The van der Waals surface area contributed by atoms with Crippen molar-refractivity contribution in [2.75, 3.05) is 39.4 Å². The molecule has 4 nitrogen and oxygen atoms in total. The van der Waals surface area contributed by atoms with Crippen LogP contribution in [0, 0.1) is 0 Å². The molecule has 2 N–H and O–H groups in total. The van der Waals surface area contributed by atoms with E-state index in [0.717, 1.165) is 39.4 Å². The Labute approximate surface area is 123 Å². The number of carbonyl (C=O) groups excluding carboxylic acids is 1. The fourth-order valence-corrected chi connectivity index (χ4v) is 1.84. The van der Waals surface area contributed by atoms with Crippen LogP contribution in [-0.4, -0.2) is 49.5 Å². The third-order valence-electron chi connectivity index (χ3n) is 2.62. The first-order chi connectivity index (χ1) is 9.13. The highest BCUT2D eigenvalue weighted by Crippen LogP contribution is 2.10. The summed E-state index contributed by atoms with van der Waals surface area (Å²) in [5, 5.41) is 0.137. The Bertz CT molecular complexity index is 376. The number of hydrogen-bond donors (Lipinski definition) is 1. The van der Waals surface area contributed by atoms with Gasteiger partial charge in [0.1, 0.15) is 0 Å². The molecule has 1 aromatic rings. The quantitative estimate of drug-likeness (QED) is 0.868. The summed E-state index contributed by atoms with van der Waals surface area (Å²) in [5.41, 5.74) is 5.84. The Morgan fingerprint density at radius 2 is 1.84 bits per heavy atom. The molecule has 106 valence electrons. The fraction of sp³-hybridized carbons (Fsp3) is 0.462. The van der Waals surface area contributed by atoms with Gasteiger partial charge in [0.25, 0.3) is 5.24 Å². The molecule has 0 spiro atoms. The molecule has 0 unspecified atom stereocenters. The zero-order valence-corrected chi connectivity index (χ0v) is 12.2. The summed E-state index contributed by atoms with van der Waals surface area (Å²) in [4.78, 5) is 12.8. The van der Waals surface area contributed by atoms with E-state index in [4.69, 9.17) is 33.7 Å². The molecule has 1 aliphatic rings. The maximum Gasteiger partial charge on any atom is 0.252 e. The van der Waals surface area contributed by atoms with Gasteiger partial charge in [0.15, 0.2) is 0 Å². The molecule has 0 amide bonds. The molecule has 1 saturated heterocycles. The molecule has 1 aromatic carbocycles. The third-order valence-corrected chi connectivity index (χ3v) is 3.09. The maximum absolute atomic E-state index is 10.5. The molecule has 0 saturated carbocycles. The van der Waals surface area contributed by atoms with Crippen molar-refractivity contribution in [2.45, 2.75) is 0 Å². The number of carbonyl (C=O) groups is 1. The zero-order valence-electron chi connectivity index (χ0n) is 10.6. The minimum Gasteiger partial charge on any atom is -0.379 e. The average Bonchev–Trinajstić information content (AvgIpc) is 2.41. The summed E-state index contributed by atoms with van der Waals surface area (Å²) in [6.07, 6.45) is 0. The second kappa shape index (κ2) is 9.28. The number of benzene rings is 1. The van der Waals surface area contributed by atoms with Crippen LogP contribution in [0.4, 0.5) is 0 Å². The Balaban J connectivity index is 0.000000191. The molecule has 19 heavy (non-hydrogen) atoms. The maximum atomic E-state index is 10.5. The molecule has 1 heterocycles. The Kier molecular flexibility index (Phi) is 8.02. The van der Waals surface area contributed by atoms with Crippen LogP contribution in [0.1, 0.15) is 10.4 Å². The predicted molar refractivity (Wildman–Crippen MR) is 77.9 cm³/mol. The number of hydrogen-bond acceptors (Lipinski definition) is 4. The minimum atomic E-state index is -0.461. The smallest absolute Gasteiger partial charge is 0.252 e. The molecule has 6 heteroatoms. The second-order valence-corrected chi connectivity index (χ2v) is 4.80. The van der Waals surface area contributed by atoms with Crippen molar-refractivity contribution in [1.29, 1.82) is 0 Å². The largest absolute Gasteiger partial charge is 0.379 e. The van der Waals surface area contributed by atoms with Crippen molar-refractivity contribution in [3.63, 3.8) is 0 Å². The molecule has 0 atom stereocenters. The van der Waals surface area contributed by atoms with E-state index in [-0.39, 0.29) is 0 Å². The van der Waals surface area contributed by atoms with Crippen LogP contribution in [0.3, 0.4) is 0 Å². The van der Waals surface area contributed by atoms with Gasteiger partial charge in [0.05, 0.1) is 13.2 Å². The molecular weight excluding hydrogens is 287 g/mol. The van der Waals surface area contributed by atoms with Gasteiger partial charge in [-0.3, -0.25) is 9.69 Å². The van der Waals surface area contributed by atoms with Crippen molar-refractivity contribution < 1.29 is 9.53 Å². The number of nitrogens with zero attached hydrogens (tertiary/aromatic N) is 1. The van der Waals surface area contributed by atoms with Crippen molar-refractivity contribution in [1.82, 2.24) is 4.90 Å². The Hall–Kier alpha value is -0.650. The van der Waals surface area contributed by atoms with Crippen LogP contribution in [0.25, 0.3) is 0 Å². The van der Waals surface area contributed by atoms with Gasteiger partial charge in [-0.1, -0.05) is 11.6 Å². The van der Waals surface area contributed by atoms with Gasteiger partial charge in [0.2, 0.25) is 0 Å². The highest BCUT2D eigenvalue weighted by Gasteiger charge is 2.07. The van der Waals surface area contributed by atoms with Gasteiger partial charge in [0, 0.05) is 36.8 Å². The van der Waals surface area contributed by atoms with Gasteiger partial charge in [-0.25, -0.2) is 0 Å². The average molecular weight is 305 g/mol. The molecule has 0 aliphatic carbocycles. The number of rotatable bonds is 3. The standard InChI is InChI=1S/C7H4Cl2O.C6H14N2O/c8-6-3-1-5(2-4-6)7(9)10;7-1-2-8-3-5-9-6-4-8/h1-4H;1-7H2. The van der Waals surface area contributed by atoms with E-state index in [1.54, 1.807) is 24.3 Å². The van der Waals surface area contributed by atoms with Crippen LogP contribution in [0.2, 0.25) is 5.02 Å². The van der Waals surface area contributed by atoms with E-state index < -0.39 is 5.24 Å². The van der Waals surface area contributed by atoms with Gasteiger partial charge < -0.3 is 10.5 Å². The topological polar surface area (TPSA) is 55.6 Å². The summed E-state index contributed by atoms with van der Waals surface area (Å²) in [5.74, 6) is 0. The van der Waals surface area contributed by atoms with E-state index in [1.807, 2.05) is 0 Å². The Morgan fingerprint density at radius 3 is 2.32 bits per heavy atom. The van der Waals surface area contributed by atoms with Gasteiger partial charge >= 0.3 is 0 Å². The minimum absolute atomic E-state index is 0.461. The summed E-state index contributed by atoms with van der Waals surface area (Å²) < 4.78 is 5.16. The van der Waals surface area contributed by atoms with E-state index in [9.17, 15) is 4.79 Å². The molecular formula is C13H18Cl2N2O2. The van der Waals surface area contributed by atoms with Crippen LogP contribution in [0.15, 0.2) is 24.3 Å². The van der Waals surface area contributed by atoms with Crippen LogP contribution in [-0.2, 0) is 4.74 Å². The summed E-state index contributed by atoms with van der Waals surface area (Å²) >= 11 is 10.7. The lowest BCUT2D eigenvalue weighted by Gasteiger charge is -2.25. The van der Waals surface area contributed by atoms with Gasteiger partial charge in [-0.05, 0) is 35.9 Å².